The van der Waals surface area contributed by atoms with Crippen LogP contribution in [0.1, 0.15) is 49.4 Å². The molecule has 0 unspecified atom stereocenters. The maximum absolute atomic E-state index is 13.0. The highest BCUT2D eigenvalue weighted by atomic mass is 35.5. The number of nitriles is 1. The highest BCUT2D eigenvalue weighted by Crippen LogP contribution is 2.30. The molecular weight excluding hydrogens is 453 g/mol. The molecule has 3 aromatic rings. The molecule has 4 nitrogen and oxygen atoms in total. The normalized spacial score (nSPS) is 18.8. The summed E-state index contributed by atoms with van der Waals surface area (Å²) in [6.07, 6.45) is 6.12. The number of benzene rings is 2. The third-order valence-corrected chi connectivity index (χ3v) is 7.43. The zero-order valence-corrected chi connectivity index (χ0v) is 20.4. The molecule has 0 saturated heterocycles. The Morgan fingerprint density at radius 1 is 1.18 bits per heavy atom. The molecule has 2 atom stereocenters. The SMILES string of the molecule is Cc1c(/C=C(\C#N)C(=O)N[C@H]2CCCC[C@@H]2C)c2ccccc2n1Cc1ccc(Cl)c(Cl)c1. The van der Waals surface area contributed by atoms with Gasteiger partial charge in [-0.1, -0.05) is 67.2 Å². The fraction of sp³-hybridized carbons (Fsp3) is 0.333. The summed E-state index contributed by atoms with van der Waals surface area (Å²) < 4.78 is 2.18. The highest BCUT2D eigenvalue weighted by Gasteiger charge is 2.24. The number of fused-ring (bicyclic) bond motifs is 1. The minimum atomic E-state index is -0.294. The van der Waals surface area contributed by atoms with Crippen molar-refractivity contribution >= 4 is 46.1 Å². The first-order chi connectivity index (χ1) is 15.9. The molecule has 1 N–H and O–H groups in total. The maximum atomic E-state index is 13.0. The number of carbonyl (C=O) groups is 1. The van der Waals surface area contributed by atoms with Gasteiger partial charge < -0.3 is 9.88 Å². The molecule has 0 radical (unpaired) electrons. The zero-order chi connectivity index (χ0) is 23.5. The van der Waals surface area contributed by atoms with E-state index in [0.29, 0.717) is 22.5 Å². The van der Waals surface area contributed by atoms with Crippen molar-refractivity contribution in [1.82, 2.24) is 9.88 Å². The van der Waals surface area contributed by atoms with Crippen LogP contribution in [0.25, 0.3) is 17.0 Å². The highest BCUT2D eigenvalue weighted by molar-refractivity contribution is 6.42. The summed E-state index contributed by atoms with van der Waals surface area (Å²) in [5.74, 6) is 0.134. The maximum Gasteiger partial charge on any atom is 0.262 e. The second-order valence-corrected chi connectivity index (χ2v) is 9.68. The average Bonchev–Trinajstić information content (AvgIpc) is 3.07. The molecule has 1 aromatic heterocycles. The van der Waals surface area contributed by atoms with E-state index < -0.39 is 0 Å². The van der Waals surface area contributed by atoms with Gasteiger partial charge in [-0.3, -0.25) is 4.79 Å². The van der Waals surface area contributed by atoms with E-state index in [1.807, 2.05) is 43.3 Å². The molecule has 0 spiro atoms. The third kappa shape index (κ3) is 4.95. The first-order valence-corrected chi connectivity index (χ1v) is 12.1. The van der Waals surface area contributed by atoms with E-state index in [1.54, 1.807) is 12.1 Å². The summed E-state index contributed by atoms with van der Waals surface area (Å²) in [7, 11) is 0. The van der Waals surface area contributed by atoms with E-state index in [-0.39, 0.29) is 17.5 Å². The first kappa shape index (κ1) is 23.4. The van der Waals surface area contributed by atoms with Crippen LogP contribution in [0.15, 0.2) is 48.0 Å². The predicted octanol–water partition coefficient (Wildman–Crippen LogP) is 6.91. The number of hydrogen-bond acceptors (Lipinski definition) is 2. The minimum Gasteiger partial charge on any atom is -0.348 e. The fourth-order valence-corrected chi connectivity index (χ4v) is 5.05. The molecule has 1 saturated carbocycles. The van der Waals surface area contributed by atoms with Crippen LogP contribution in [0.2, 0.25) is 10.0 Å². The molecule has 33 heavy (non-hydrogen) atoms. The second kappa shape index (κ2) is 10.0. The van der Waals surface area contributed by atoms with Gasteiger partial charge in [-0.25, -0.2) is 0 Å². The first-order valence-electron chi connectivity index (χ1n) is 11.3. The quantitative estimate of drug-likeness (QED) is 0.319. The van der Waals surface area contributed by atoms with E-state index in [4.69, 9.17) is 23.2 Å². The smallest absolute Gasteiger partial charge is 0.262 e. The molecule has 1 fully saturated rings. The average molecular weight is 480 g/mol. The van der Waals surface area contributed by atoms with Crippen LogP contribution in [-0.4, -0.2) is 16.5 Å². The number of aromatic nitrogens is 1. The van der Waals surface area contributed by atoms with Crippen molar-refractivity contribution in [2.75, 3.05) is 0 Å². The van der Waals surface area contributed by atoms with Gasteiger partial charge in [-0.15, -0.1) is 0 Å². The Kier molecular flexibility index (Phi) is 7.12. The van der Waals surface area contributed by atoms with Crippen LogP contribution in [0.5, 0.6) is 0 Å². The van der Waals surface area contributed by atoms with Crippen molar-refractivity contribution in [3.63, 3.8) is 0 Å². The van der Waals surface area contributed by atoms with Crippen molar-refractivity contribution in [2.24, 2.45) is 5.92 Å². The summed E-state index contributed by atoms with van der Waals surface area (Å²) in [5, 5.41) is 14.9. The summed E-state index contributed by atoms with van der Waals surface area (Å²) >= 11 is 12.3. The van der Waals surface area contributed by atoms with E-state index >= 15 is 0 Å². The molecule has 170 valence electrons. The zero-order valence-electron chi connectivity index (χ0n) is 18.9. The van der Waals surface area contributed by atoms with Crippen LogP contribution in [-0.2, 0) is 11.3 Å². The Morgan fingerprint density at radius 3 is 2.67 bits per heavy atom. The van der Waals surface area contributed by atoms with Crippen molar-refractivity contribution in [3.05, 3.63) is 74.9 Å². The van der Waals surface area contributed by atoms with Crippen molar-refractivity contribution < 1.29 is 4.79 Å². The van der Waals surface area contributed by atoms with Gasteiger partial charge in [0.15, 0.2) is 0 Å². The standard InChI is InChI=1S/C27H27Cl2N3O/c1-17-7-3-5-9-25(17)31-27(33)20(15-30)14-22-18(2)32(26-10-6-4-8-21(22)26)16-19-11-12-23(28)24(29)13-19/h4,6,8,10-14,17,25H,3,5,7,9,16H2,1-2H3,(H,31,33)/b20-14+/t17-,25-/m0/s1. The van der Waals surface area contributed by atoms with Crippen LogP contribution in [0.4, 0.5) is 0 Å². The number of rotatable bonds is 5. The Bertz CT molecular complexity index is 1270. The lowest BCUT2D eigenvalue weighted by atomic mass is 9.86. The largest absolute Gasteiger partial charge is 0.348 e. The van der Waals surface area contributed by atoms with E-state index in [0.717, 1.165) is 47.0 Å². The second-order valence-electron chi connectivity index (χ2n) is 8.86. The van der Waals surface area contributed by atoms with Crippen LogP contribution in [0.3, 0.4) is 0 Å². The number of amides is 1. The van der Waals surface area contributed by atoms with E-state index in [9.17, 15) is 10.1 Å². The van der Waals surface area contributed by atoms with Crippen molar-refractivity contribution in [2.45, 2.75) is 52.1 Å². The number of carbonyl (C=O) groups excluding carboxylic acids is 1. The lowest BCUT2D eigenvalue weighted by molar-refractivity contribution is -0.118. The third-order valence-electron chi connectivity index (χ3n) is 6.69. The minimum absolute atomic E-state index is 0.125. The Hall–Kier alpha value is -2.74. The molecule has 1 heterocycles. The Balaban J connectivity index is 1.70. The van der Waals surface area contributed by atoms with E-state index in [2.05, 4.69) is 22.9 Å². The van der Waals surface area contributed by atoms with Crippen LogP contribution >= 0.6 is 23.2 Å². The number of hydrogen-bond donors (Lipinski definition) is 1. The summed E-state index contributed by atoms with van der Waals surface area (Å²) in [5.41, 5.74) is 4.05. The molecule has 1 amide bonds. The van der Waals surface area contributed by atoms with Crippen LogP contribution in [0, 0.1) is 24.2 Å². The predicted molar refractivity (Wildman–Crippen MR) is 135 cm³/mol. The lowest BCUT2D eigenvalue weighted by Crippen LogP contribution is -2.41. The molecule has 6 heteroatoms. The van der Waals surface area contributed by atoms with Gasteiger partial charge in [0.1, 0.15) is 11.6 Å². The van der Waals surface area contributed by atoms with Crippen LogP contribution < -0.4 is 5.32 Å². The van der Waals surface area contributed by atoms with Gasteiger partial charge in [0.25, 0.3) is 5.91 Å². The van der Waals surface area contributed by atoms with Crippen molar-refractivity contribution in [1.29, 1.82) is 5.26 Å². The summed E-state index contributed by atoms with van der Waals surface area (Å²) in [6.45, 7) is 4.78. The van der Waals surface area contributed by atoms with Gasteiger partial charge in [-0.05, 0) is 55.5 Å². The molecule has 1 aliphatic carbocycles. The van der Waals surface area contributed by atoms with Gasteiger partial charge in [0.2, 0.25) is 0 Å². The Morgan fingerprint density at radius 2 is 1.94 bits per heavy atom. The summed E-state index contributed by atoms with van der Waals surface area (Å²) in [4.78, 5) is 13.0. The summed E-state index contributed by atoms with van der Waals surface area (Å²) in [6, 6.07) is 15.9. The van der Waals surface area contributed by atoms with E-state index in [1.165, 1.54) is 6.42 Å². The number of nitrogens with zero attached hydrogens (tertiary/aromatic N) is 2. The van der Waals surface area contributed by atoms with Gasteiger partial charge in [-0.2, -0.15) is 5.26 Å². The molecule has 2 aromatic carbocycles. The molecule has 0 aliphatic heterocycles. The Labute approximate surface area is 204 Å². The lowest BCUT2D eigenvalue weighted by Gasteiger charge is -2.29. The van der Waals surface area contributed by atoms with Gasteiger partial charge in [0.05, 0.1) is 10.0 Å². The number of para-hydroxylation sites is 1. The molecular formula is C27H27Cl2N3O. The van der Waals surface area contributed by atoms with Crippen molar-refractivity contribution in [3.8, 4) is 6.07 Å². The topological polar surface area (TPSA) is 57.8 Å². The number of nitrogens with one attached hydrogen (secondary N) is 1. The molecule has 0 bridgehead atoms. The van der Waals surface area contributed by atoms with Gasteiger partial charge in [0, 0.05) is 34.7 Å². The number of halogens is 2. The fourth-order valence-electron chi connectivity index (χ4n) is 4.73. The molecule has 4 rings (SSSR count). The molecule has 1 aliphatic rings. The monoisotopic (exact) mass is 479 g/mol. The van der Waals surface area contributed by atoms with Gasteiger partial charge >= 0.3 is 0 Å².